The predicted molar refractivity (Wildman–Crippen MR) is 112 cm³/mol. The number of carboxylic acid groups (broad SMARTS) is 1. The Morgan fingerprint density at radius 3 is 2.50 bits per heavy atom. The first-order chi connectivity index (χ1) is 14.4. The maximum absolute atomic E-state index is 12.4. The van der Waals surface area contributed by atoms with Crippen LogP contribution < -0.4 is 10.2 Å². The summed E-state index contributed by atoms with van der Waals surface area (Å²) in [7, 11) is 0. The third kappa shape index (κ3) is 5.07. The Hall–Kier alpha value is -3.13. The number of amides is 1. The fourth-order valence-corrected chi connectivity index (χ4v) is 3.45. The number of pyridine rings is 1. The molecule has 1 aromatic heterocycles. The van der Waals surface area contributed by atoms with E-state index in [9.17, 15) is 19.5 Å². The smallest absolute Gasteiger partial charge is 0.339 e. The Morgan fingerprint density at radius 1 is 1.23 bits per heavy atom. The van der Waals surface area contributed by atoms with Crippen molar-refractivity contribution in [3.63, 3.8) is 0 Å². The molecule has 158 valence electrons. The number of hydrogen-bond acceptors (Lipinski definition) is 6. The number of aromatic nitrogens is 1. The molecule has 2 heterocycles. The molecule has 1 fully saturated rings. The molecule has 1 aromatic carbocycles. The van der Waals surface area contributed by atoms with Crippen LogP contribution in [0.4, 0.5) is 11.5 Å². The van der Waals surface area contributed by atoms with Gasteiger partial charge < -0.3 is 20.1 Å². The van der Waals surface area contributed by atoms with Gasteiger partial charge in [-0.1, -0.05) is 11.6 Å². The van der Waals surface area contributed by atoms with Gasteiger partial charge in [-0.3, -0.25) is 9.59 Å². The van der Waals surface area contributed by atoms with Crippen LogP contribution >= 0.6 is 11.6 Å². The average molecular weight is 432 g/mol. The number of rotatable bonds is 6. The molecule has 1 aliphatic rings. The van der Waals surface area contributed by atoms with Crippen molar-refractivity contribution in [3.05, 3.63) is 52.7 Å². The minimum Gasteiger partial charge on any atom is -0.478 e. The number of aromatic carboxylic acids is 1. The van der Waals surface area contributed by atoms with Gasteiger partial charge in [-0.25, -0.2) is 9.78 Å². The van der Waals surface area contributed by atoms with Gasteiger partial charge in [-0.2, -0.15) is 0 Å². The Balaban J connectivity index is 1.73. The third-order valence-corrected chi connectivity index (χ3v) is 5.13. The third-order valence-electron chi connectivity index (χ3n) is 4.88. The fourth-order valence-electron chi connectivity index (χ4n) is 3.33. The molecule has 0 unspecified atom stereocenters. The Labute approximate surface area is 178 Å². The van der Waals surface area contributed by atoms with Crippen molar-refractivity contribution in [2.75, 3.05) is 29.9 Å². The lowest BCUT2D eigenvalue weighted by atomic mass is 9.96. The number of carboxylic acids is 1. The molecule has 30 heavy (non-hydrogen) atoms. The summed E-state index contributed by atoms with van der Waals surface area (Å²) in [5.41, 5.74) is 0.650. The van der Waals surface area contributed by atoms with Crippen LogP contribution in [0.3, 0.4) is 0 Å². The molecule has 0 saturated carbocycles. The second-order valence-corrected chi connectivity index (χ2v) is 7.31. The van der Waals surface area contributed by atoms with Crippen LogP contribution in [0.1, 0.15) is 40.5 Å². The first-order valence-electron chi connectivity index (χ1n) is 9.61. The number of piperidine rings is 1. The van der Waals surface area contributed by atoms with Crippen LogP contribution in [0, 0.1) is 5.92 Å². The zero-order valence-corrected chi connectivity index (χ0v) is 17.2. The average Bonchev–Trinajstić information content (AvgIpc) is 2.74. The number of carbonyl (C=O) groups excluding carboxylic acids is 2. The molecular formula is C21H22ClN3O5. The molecule has 9 heteroatoms. The van der Waals surface area contributed by atoms with Crippen LogP contribution in [0.5, 0.6) is 0 Å². The van der Waals surface area contributed by atoms with Gasteiger partial charge in [0, 0.05) is 23.7 Å². The van der Waals surface area contributed by atoms with E-state index in [-0.39, 0.29) is 23.1 Å². The number of nitrogens with one attached hydrogen (secondary N) is 1. The van der Waals surface area contributed by atoms with Crippen molar-refractivity contribution in [2.45, 2.75) is 19.8 Å². The zero-order valence-electron chi connectivity index (χ0n) is 16.4. The number of ether oxygens (including phenoxy) is 1. The van der Waals surface area contributed by atoms with Crippen molar-refractivity contribution >= 4 is 41.0 Å². The number of carbonyl (C=O) groups is 3. The topological polar surface area (TPSA) is 109 Å². The minimum atomic E-state index is -1.15. The molecule has 2 N–H and O–H groups in total. The van der Waals surface area contributed by atoms with Gasteiger partial charge in [0.25, 0.3) is 5.91 Å². The molecule has 3 rings (SSSR count). The van der Waals surface area contributed by atoms with Gasteiger partial charge in [0.2, 0.25) is 0 Å². The van der Waals surface area contributed by atoms with Crippen LogP contribution in [-0.2, 0) is 9.53 Å². The molecule has 1 aliphatic heterocycles. The summed E-state index contributed by atoms with van der Waals surface area (Å²) in [6, 6.07) is 7.73. The van der Waals surface area contributed by atoms with Crippen molar-refractivity contribution < 1.29 is 24.2 Å². The van der Waals surface area contributed by atoms with Gasteiger partial charge in [0.15, 0.2) is 0 Å². The summed E-state index contributed by atoms with van der Waals surface area (Å²) in [5, 5.41) is 12.8. The van der Waals surface area contributed by atoms with Gasteiger partial charge >= 0.3 is 11.9 Å². The Morgan fingerprint density at radius 2 is 1.90 bits per heavy atom. The van der Waals surface area contributed by atoms with E-state index >= 15 is 0 Å². The van der Waals surface area contributed by atoms with Crippen LogP contribution in [0.2, 0.25) is 5.02 Å². The van der Waals surface area contributed by atoms with Crippen LogP contribution in [0.25, 0.3) is 0 Å². The summed E-state index contributed by atoms with van der Waals surface area (Å²) in [5.74, 6) is -1.63. The highest BCUT2D eigenvalue weighted by molar-refractivity contribution is 6.30. The van der Waals surface area contributed by atoms with Crippen molar-refractivity contribution in [2.24, 2.45) is 5.92 Å². The lowest BCUT2D eigenvalue weighted by molar-refractivity contribution is -0.148. The van der Waals surface area contributed by atoms with Gasteiger partial charge in [-0.05, 0) is 50.1 Å². The summed E-state index contributed by atoms with van der Waals surface area (Å²) in [6.45, 7) is 3.09. The Kier molecular flexibility index (Phi) is 6.89. The SMILES string of the molecule is CCOC(=O)C1CCN(c2ncc(NC(=O)c3ccc(Cl)cc3)cc2C(=O)O)CC1. The largest absolute Gasteiger partial charge is 0.478 e. The molecule has 1 amide bonds. The second kappa shape index (κ2) is 9.58. The van der Waals surface area contributed by atoms with E-state index in [2.05, 4.69) is 10.3 Å². The van der Waals surface area contributed by atoms with E-state index in [4.69, 9.17) is 16.3 Å². The van der Waals surface area contributed by atoms with E-state index in [0.717, 1.165) is 0 Å². The normalized spacial score (nSPS) is 14.3. The highest BCUT2D eigenvalue weighted by Gasteiger charge is 2.28. The van der Waals surface area contributed by atoms with Crippen molar-refractivity contribution in [1.82, 2.24) is 4.98 Å². The number of esters is 1. The van der Waals surface area contributed by atoms with Gasteiger partial charge in [-0.15, -0.1) is 0 Å². The summed E-state index contributed by atoms with van der Waals surface area (Å²) in [6.07, 6.45) is 2.55. The molecule has 1 saturated heterocycles. The number of benzene rings is 1. The van der Waals surface area contributed by atoms with E-state index in [1.165, 1.54) is 12.3 Å². The quantitative estimate of drug-likeness (QED) is 0.674. The summed E-state index contributed by atoms with van der Waals surface area (Å²) in [4.78, 5) is 42.2. The molecule has 2 aromatic rings. The Bertz CT molecular complexity index is 940. The van der Waals surface area contributed by atoms with E-state index in [1.54, 1.807) is 31.2 Å². The maximum atomic E-state index is 12.4. The predicted octanol–water partition coefficient (Wildman–Crippen LogP) is 3.47. The van der Waals surface area contributed by atoms with Gasteiger partial charge in [0.1, 0.15) is 11.4 Å². The highest BCUT2D eigenvalue weighted by Crippen LogP contribution is 2.27. The molecule has 0 radical (unpaired) electrons. The van der Waals surface area contributed by atoms with E-state index in [1.807, 2.05) is 4.90 Å². The monoisotopic (exact) mass is 431 g/mol. The molecule has 0 atom stereocenters. The lowest BCUT2D eigenvalue weighted by Crippen LogP contribution is -2.38. The van der Waals surface area contributed by atoms with Crippen molar-refractivity contribution in [1.29, 1.82) is 0 Å². The minimum absolute atomic E-state index is 0.0153. The molecule has 0 aliphatic carbocycles. The standard InChI is InChI=1S/C21H22ClN3O5/c1-2-30-21(29)14-7-9-25(10-8-14)18-17(20(27)28)11-16(12-23-18)24-19(26)13-3-5-15(22)6-4-13/h3-6,11-12,14H,2,7-10H2,1H3,(H,24,26)(H,27,28). The first-order valence-corrected chi connectivity index (χ1v) is 9.98. The van der Waals surface area contributed by atoms with Crippen LogP contribution in [-0.4, -0.2) is 47.6 Å². The van der Waals surface area contributed by atoms with E-state index in [0.29, 0.717) is 48.9 Å². The van der Waals surface area contributed by atoms with Crippen LogP contribution in [0.15, 0.2) is 36.5 Å². The zero-order chi connectivity index (χ0) is 21.7. The molecule has 0 bridgehead atoms. The first kappa shape index (κ1) is 21.6. The van der Waals surface area contributed by atoms with E-state index < -0.39 is 11.9 Å². The highest BCUT2D eigenvalue weighted by atomic mass is 35.5. The van der Waals surface area contributed by atoms with Gasteiger partial charge in [0.05, 0.1) is 24.4 Å². The molecule has 0 spiro atoms. The fraction of sp³-hybridized carbons (Fsp3) is 0.333. The molecule has 8 nitrogen and oxygen atoms in total. The number of hydrogen-bond donors (Lipinski definition) is 2. The second-order valence-electron chi connectivity index (χ2n) is 6.87. The van der Waals surface area contributed by atoms with Crippen molar-refractivity contribution in [3.8, 4) is 0 Å². The molecular weight excluding hydrogens is 410 g/mol. The summed E-state index contributed by atoms with van der Waals surface area (Å²) >= 11 is 5.83. The summed E-state index contributed by atoms with van der Waals surface area (Å²) < 4.78 is 5.07. The lowest BCUT2D eigenvalue weighted by Gasteiger charge is -2.32. The maximum Gasteiger partial charge on any atom is 0.339 e. The number of halogens is 1. The number of nitrogens with zero attached hydrogens (tertiary/aromatic N) is 2. The number of anilines is 2.